The Balaban J connectivity index is 2.28. The molecule has 1 fully saturated rings. The van der Waals surface area contributed by atoms with Crippen molar-refractivity contribution >= 4 is 11.6 Å². The number of carbonyl (C=O) groups excluding carboxylic acids is 1. The van der Waals surface area contributed by atoms with Gasteiger partial charge in [-0.05, 0) is 36.8 Å². The Bertz CT molecular complexity index is 527. The number of hydrogen-bond donors (Lipinski definition) is 1. The third-order valence-electron chi connectivity index (χ3n) is 4.56. The molecule has 0 atom stereocenters. The second-order valence-corrected chi connectivity index (χ2v) is 5.51. The quantitative estimate of drug-likeness (QED) is 0.865. The van der Waals surface area contributed by atoms with E-state index in [4.69, 9.17) is 5.73 Å². The summed E-state index contributed by atoms with van der Waals surface area (Å²) in [4.78, 5) is 13.9. The zero-order chi connectivity index (χ0) is 14.9. The number of nitrogens with zero attached hydrogens (tertiary/aromatic N) is 1. The molecular weight excluding hydrogens is 262 g/mol. The first-order chi connectivity index (χ1) is 9.44. The van der Waals surface area contributed by atoms with E-state index in [0.29, 0.717) is 13.1 Å². The highest BCUT2D eigenvalue weighted by atomic mass is 19.1. The van der Waals surface area contributed by atoms with E-state index in [1.54, 1.807) is 0 Å². The summed E-state index contributed by atoms with van der Waals surface area (Å²) >= 11 is 0. The molecule has 0 bridgehead atoms. The van der Waals surface area contributed by atoms with E-state index in [1.165, 1.54) is 4.90 Å². The largest absolute Gasteiger partial charge is 0.396 e. The highest BCUT2D eigenvalue weighted by molar-refractivity contribution is 5.96. The average Bonchev–Trinajstić information content (AvgIpc) is 2.88. The highest BCUT2D eigenvalue weighted by Gasteiger charge is 2.38. The van der Waals surface area contributed by atoms with Gasteiger partial charge in [0.2, 0.25) is 0 Å². The summed E-state index contributed by atoms with van der Waals surface area (Å²) in [5.41, 5.74) is 4.75. The summed E-state index contributed by atoms with van der Waals surface area (Å²) in [5, 5.41) is 0. The predicted molar refractivity (Wildman–Crippen MR) is 74.3 cm³/mol. The lowest BCUT2D eigenvalue weighted by atomic mass is 9.82. The molecule has 1 saturated heterocycles. The first-order valence-corrected chi connectivity index (χ1v) is 6.97. The lowest BCUT2D eigenvalue weighted by molar-refractivity contribution is 0.0760. The minimum absolute atomic E-state index is 0.0724. The predicted octanol–water partition coefficient (Wildman–Crippen LogP) is 3.20. The number of nitrogen functional groups attached to an aromatic ring is 1. The molecule has 0 aromatic heterocycles. The Kier molecular flexibility index (Phi) is 3.97. The number of anilines is 1. The van der Waals surface area contributed by atoms with Crippen LogP contribution in [0.4, 0.5) is 14.5 Å². The second kappa shape index (κ2) is 5.38. The Morgan fingerprint density at radius 1 is 1.35 bits per heavy atom. The molecule has 1 aromatic carbocycles. The molecule has 20 heavy (non-hydrogen) atoms. The Labute approximate surface area is 117 Å². The van der Waals surface area contributed by atoms with E-state index in [2.05, 4.69) is 13.8 Å². The smallest absolute Gasteiger partial charge is 0.259 e. The maximum Gasteiger partial charge on any atom is 0.259 e. The third-order valence-corrected chi connectivity index (χ3v) is 4.56. The Morgan fingerprint density at radius 3 is 2.55 bits per heavy atom. The van der Waals surface area contributed by atoms with Gasteiger partial charge in [-0.2, -0.15) is 0 Å². The van der Waals surface area contributed by atoms with E-state index in [1.807, 2.05) is 0 Å². The fourth-order valence-corrected chi connectivity index (χ4v) is 2.86. The van der Waals surface area contributed by atoms with Gasteiger partial charge in [-0.25, -0.2) is 8.78 Å². The Hall–Kier alpha value is -1.65. The number of hydrogen-bond acceptors (Lipinski definition) is 2. The van der Waals surface area contributed by atoms with Crippen LogP contribution in [0.1, 0.15) is 43.5 Å². The number of amides is 1. The number of halogens is 2. The molecular formula is C15H20F2N2O. The van der Waals surface area contributed by atoms with Crippen LogP contribution in [-0.4, -0.2) is 23.9 Å². The van der Waals surface area contributed by atoms with Crippen LogP contribution in [0, 0.1) is 17.0 Å². The number of carbonyl (C=O) groups is 1. The van der Waals surface area contributed by atoms with Crippen LogP contribution in [0.3, 0.4) is 0 Å². The van der Waals surface area contributed by atoms with Crippen molar-refractivity contribution in [2.24, 2.45) is 5.41 Å². The topological polar surface area (TPSA) is 46.3 Å². The van der Waals surface area contributed by atoms with Gasteiger partial charge in [-0.15, -0.1) is 0 Å². The standard InChI is InChI=1S/C15H20F2N2O/c1-3-15(4-2)7-8-19(9-15)14(20)12-10(16)5-6-11(18)13(12)17/h5-6H,3-4,7-9,18H2,1-2H3. The van der Waals surface area contributed by atoms with Gasteiger partial charge in [-0.1, -0.05) is 13.8 Å². The molecule has 1 aromatic rings. The molecule has 0 unspecified atom stereocenters. The van der Waals surface area contributed by atoms with Crippen LogP contribution < -0.4 is 5.73 Å². The summed E-state index contributed by atoms with van der Waals surface area (Å²) in [5.74, 6) is -2.41. The van der Waals surface area contributed by atoms with Crippen LogP contribution in [0.25, 0.3) is 0 Å². The molecule has 5 heteroatoms. The van der Waals surface area contributed by atoms with Crippen LogP contribution in [0.2, 0.25) is 0 Å². The zero-order valence-electron chi connectivity index (χ0n) is 11.9. The number of benzene rings is 1. The summed E-state index contributed by atoms with van der Waals surface area (Å²) in [6.07, 6.45) is 2.78. The monoisotopic (exact) mass is 282 g/mol. The normalized spacial score (nSPS) is 17.5. The van der Waals surface area contributed by atoms with Gasteiger partial charge < -0.3 is 10.6 Å². The van der Waals surface area contributed by atoms with Crippen molar-refractivity contribution in [2.45, 2.75) is 33.1 Å². The van der Waals surface area contributed by atoms with E-state index in [-0.39, 0.29) is 11.1 Å². The average molecular weight is 282 g/mol. The molecule has 1 heterocycles. The van der Waals surface area contributed by atoms with E-state index >= 15 is 0 Å². The van der Waals surface area contributed by atoms with Gasteiger partial charge in [0.1, 0.15) is 11.4 Å². The number of nitrogens with two attached hydrogens (primary N) is 1. The van der Waals surface area contributed by atoms with Gasteiger partial charge >= 0.3 is 0 Å². The lowest BCUT2D eigenvalue weighted by Crippen LogP contribution is -2.33. The van der Waals surface area contributed by atoms with E-state index in [0.717, 1.165) is 31.4 Å². The van der Waals surface area contributed by atoms with Crippen molar-refractivity contribution in [2.75, 3.05) is 18.8 Å². The molecule has 110 valence electrons. The van der Waals surface area contributed by atoms with Crippen molar-refractivity contribution in [3.05, 3.63) is 29.3 Å². The van der Waals surface area contributed by atoms with Crippen LogP contribution >= 0.6 is 0 Å². The van der Waals surface area contributed by atoms with Gasteiger partial charge in [0.05, 0.1) is 5.69 Å². The van der Waals surface area contributed by atoms with Crippen molar-refractivity contribution < 1.29 is 13.6 Å². The molecule has 0 radical (unpaired) electrons. The zero-order valence-corrected chi connectivity index (χ0v) is 11.9. The first-order valence-electron chi connectivity index (χ1n) is 6.97. The second-order valence-electron chi connectivity index (χ2n) is 5.51. The number of likely N-dealkylation sites (tertiary alicyclic amines) is 1. The van der Waals surface area contributed by atoms with Crippen molar-refractivity contribution in [3.8, 4) is 0 Å². The van der Waals surface area contributed by atoms with Gasteiger partial charge in [0, 0.05) is 13.1 Å². The fourth-order valence-electron chi connectivity index (χ4n) is 2.86. The van der Waals surface area contributed by atoms with E-state index in [9.17, 15) is 13.6 Å². The molecule has 2 rings (SSSR count). The van der Waals surface area contributed by atoms with Crippen LogP contribution in [0.15, 0.2) is 12.1 Å². The van der Waals surface area contributed by atoms with E-state index < -0.39 is 23.1 Å². The Morgan fingerprint density at radius 2 is 2.00 bits per heavy atom. The molecule has 1 aliphatic rings. The molecule has 3 nitrogen and oxygen atoms in total. The maximum absolute atomic E-state index is 13.9. The van der Waals surface area contributed by atoms with Crippen molar-refractivity contribution in [1.82, 2.24) is 4.90 Å². The minimum Gasteiger partial charge on any atom is -0.396 e. The molecule has 1 aliphatic heterocycles. The molecule has 2 N–H and O–H groups in total. The molecule has 0 spiro atoms. The first kappa shape index (κ1) is 14.8. The molecule has 0 aliphatic carbocycles. The summed E-state index contributed by atoms with van der Waals surface area (Å²) in [7, 11) is 0. The number of rotatable bonds is 3. The summed E-state index contributed by atoms with van der Waals surface area (Å²) in [6, 6.07) is 2.17. The van der Waals surface area contributed by atoms with Gasteiger partial charge in [-0.3, -0.25) is 4.79 Å². The van der Waals surface area contributed by atoms with Gasteiger partial charge in [0.15, 0.2) is 5.82 Å². The lowest BCUT2D eigenvalue weighted by Gasteiger charge is -2.26. The van der Waals surface area contributed by atoms with Gasteiger partial charge in [0.25, 0.3) is 5.91 Å². The van der Waals surface area contributed by atoms with Crippen molar-refractivity contribution in [3.63, 3.8) is 0 Å². The fraction of sp³-hybridized carbons (Fsp3) is 0.533. The van der Waals surface area contributed by atoms with Crippen LogP contribution in [0.5, 0.6) is 0 Å². The third kappa shape index (κ3) is 2.37. The van der Waals surface area contributed by atoms with Crippen LogP contribution in [-0.2, 0) is 0 Å². The summed E-state index contributed by atoms with van der Waals surface area (Å²) < 4.78 is 27.7. The SMILES string of the molecule is CCC1(CC)CCN(C(=O)c2c(F)ccc(N)c2F)C1. The minimum atomic E-state index is -0.958. The molecule has 0 saturated carbocycles. The van der Waals surface area contributed by atoms with Crippen molar-refractivity contribution in [1.29, 1.82) is 0 Å². The summed E-state index contributed by atoms with van der Waals surface area (Å²) in [6.45, 7) is 5.25. The maximum atomic E-state index is 13.9. The highest BCUT2D eigenvalue weighted by Crippen LogP contribution is 2.37. The molecule has 1 amide bonds.